The molecule has 2 aliphatic rings. The van der Waals surface area contributed by atoms with Gasteiger partial charge in [-0.25, -0.2) is 0 Å². The molecule has 3 nitrogen and oxygen atoms in total. The van der Waals surface area contributed by atoms with Gasteiger partial charge in [-0.05, 0) is 72.8 Å². The summed E-state index contributed by atoms with van der Waals surface area (Å²) in [4.78, 5) is 11.3. The molecule has 1 amide bonds. The van der Waals surface area contributed by atoms with Gasteiger partial charge < -0.3 is 10.1 Å². The number of fused-ring (bicyclic) bond motifs is 1. The van der Waals surface area contributed by atoms with Crippen LogP contribution in [0.3, 0.4) is 0 Å². The zero-order valence-corrected chi connectivity index (χ0v) is 15.4. The number of rotatable bonds is 6. The molecule has 2 aliphatic carbocycles. The Morgan fingerprint density at radius 2 is 1.96 bits per heavy atom. The predicted octanol–water partition coefficient (Wildman–Crippen LogP) is 4.57. The van der Waals surface area contributed by atoms with Crippen LogP contribution in [-0.4, -0.2) is 18.6 Å². The Morgan fingerprint density at radius 1 is 1.15 bits per heavy atom. The van der Waals surface area contributed by atoms with Crippen LogP contribution in [0.25, 0.3) is 0 Å². The topological polar surface area (TPSA) is 38.3 Å². The van der Waals surface area contributed by atoms with Gasteiger partial charge in [0.15, 0.2) is 0 Å². The van der Waals surface area contributed by atoms with E-state index >= 15 is 0 Å². The van der Waals surface area contributed by atoms with Gasteiger partial charge in [-0.3, -0.25) is 4.79 Å². The zero-order valence-electron chi connectivity index (χ0n) is 15.4. The molecule has 0 aromatic heterocycles. The molecule has 3 heteroatoms. The van der Waals surface area contributed by atoms with Gasteiger partial charge in [0.2, 0.25) is 5.91 Å². The van der Waals surface area contributed by atoms with E-state index in [-0.39, 0.29) is 5.91 Å². The van der Waals surface area contributed by atoms with Crippen LogP contribution in [0.2, 0.25) is 0 Å². The molecule has 136 valence electrons. The first-order valence-corrected chi connectivity index (χ1v) is 9.78. The monoisotopic (exact) mass is 349 g/mol. The Hall–Kier alpha value is -2.29. The molecule has 1 saturated carbocycles. The van der Waals surface area contributed by atoms with Crippen molar-refractivity contribution in [2.75, 3.05) is 6.54 Å². The highest BCUT2D eigenvalue weighted by Crippen LogP contribution is 2.43. The lowest BCUT2D eigenvalue weighted by Crippen LogP contribution is -2.25. The summed E-state index contributed by atoms with van der Waals surface area (Å²) in [5.41, 5.74) is 4.27. The van der Waals surface area contributed by atoms with Crippen LogP contribution < -0.4 is 10.1 Å². The lowest BCUT2D eigenvalue weighted by Gasteiger charge is -2.32. The summed E-state index contributed by atoms with van der Waals surface area (Å²) in [5.74, 6) is 2.06. The molecule has 2 aromatic carbocycles. The zero-order chi connectivity index (χ0) is 17.9. The van der Waals surface area contributed by atoms with E-state index in [0.717, 1.165) is 31.6 Å². The van der Waals surface area contributed by atoms with E-state index in [1.807, 2.05) is 0 Å². The lowest BCUT2D eigenvalue weighted by molar-refractivity contribution is -0.118. The van der Waals surface area contributed by atoms with Gasteiger partial charge in [-0.15, -0.1) is 0 Å². The van der Waals surface area contributed by atoms with E-state index in [9.17, 15) is 4.79 Å². The fraction of sp³-hybridized carbons (Fsp3) is 0.435. The maximum absolute atomic E-state index is 11.3. The number of amides is 1. The van der Waals surface area contributed by atoms with Crippen molar-refractivity contribution in [2.45, 2.75) is 57.0 Å². The van der Waals surface area contributed by atoms with E-state index in [2.05, 4.69) is 53.8 Å². The molecule has 1 N–H and O–H groups in total. The number of nitrogens with one attached hydrogen (secondary N) is 1. The molecule has 0 aliphatic heterocycles. The van der Waals surface area contributed by atoms with E-state index in [1.54, 1.807) is 6.92 Å². The van der Waals surface area contributed by atoms with Crippen molar-refractivity contribution in [3.8, 4) is 5.75 Å². The molecular formula is C23H27NO2. The first-order chi connectivity index (χ1) is 12.7. The summed E-state index contributed by atoms with van der Waals surface area (Å²) < 4.78 is 6.02. The molecule has 0 spiro atoms. The third-order valence-electron chi connectivity index (χ3n) is 5.56. The van der Waals surface area contributed by atoms with Gasteiger partial charge in [0.05, 0.1) is 6.10 Å². The van der Waals surface area contributed by atoms with Crippen LogP contribution in [0.1, 0.15) is 61.1 Å². The number of carbonyl (C=O) groups is 1. The quantitative estimate of drug-likeness (QED) is 0.830. The first-order valence-electron chi connectivity index (χ1n) is 9.78. The van der Waals surface area contributed by atoms with Gasteiger partial charge in [0.1, 0.15) is 5.75 Å². The molecule has 0 radical (unpaired) electrons. The summed E-state index contributed by atoms with van der Waals surface area (Å²) in [6.45, 7) is 2.32. The van der Waals surface area contributed by atoms with E-state index < -0.39 is 0 Å². The van der Waals surface area contributed by atoms with Crippen molar-refractivity contribution in [2.24, 2.45) is 0 Å². The predicted molar refractivity (Wildman–Crippen MR) is 104 cm³/mol. The fourth-order valence-corrected chi connectivity index (χ4v) is 4.08. The number of hydrogen-bond acceptors (Lipinski definition) is 2. The Labute approximate surface area is 155 Å². The van der Waals surface area contributed by atoms with Crippen molar-refractivity contribution in [1.82, 2.24) is 5.32 Å². The smallest absolute Gasteiger partial charge is 0.216 e. The van der Waals surface area contributed by atoms with Crippen molar-refractivity contribution < 1.29 is 9.53 Å². The third kappa shape index (κ3) is 4.09. The molecule has 1 fully saturated rings. The number of carbonyl (C=O) groups excluding carboxylic acids is 1. The molecule has 0 heterocycles. The SMILES string of the molecule is CC(=O)NCCC1CC(c2ccccc2)Cc2ccc(OC3CC3)cc21. The minimum absolute atomic E-state index is 0.0476. The largest absolute Gasteiger partial charge is 0.490 e. The highest BCUT2D eigenvalue weighted by molar-refractivity contribution is 5.72. The third-order valence-corrected chi connectivity index (χ3v) is 5.56. The normalized spacial score (nSPS) is 21.7. The molecule has 0 saturated heterocycles. The Kier molecular flexibility index (Phi) is 4.96. The number of benzene rings is 2. The first kappa shape index (κ1) is 17.1. The average Bonchev–Trinajstić information content (AvgIpc) is 3.46. The second-order valence-electron chi connectivity index (χ2n) is 7.69. The maximum Gasteiger partial charge on any atom is 0.216 e. The lowest BCUT2D eigenvalue weighted by atomic mass is 9.73. The van der Waals surface area contributed by atoms with Gasteiger partial charge >= 0.3 is 0 Å². The molecule has 0 bridgehead atoms. The van der Waals surface area contributed by atoms with Gasteiger partial charge in [-0.1, -0.05) is 36.4 Å². The molecule has 2 unspecified atom stereocenters. The van der Waals surface area contributed by atoms with Crippen LogP contribution in [0, 0.1) is 0 Å². The van der Waals surface area contributed by atoms with Crippen LogP contribution in [-0.2, 0) is 11.2 Å². The van der Waals surface area contributed by atoms with E-state index in [4.69, 9.17) is 4.74 Å². The van der Waals surface area contributed by atoms with Crippen LogP contribution in [0.5, 0.6) is 5.75 Å². The van der Waals surface area contributed by atoms with Crippen LogP contribution in [0.4, 0.5) is 0 Å². The van der Waals surface area contributed by atoms with Crippen molar-refractivity contribution >= 4 is 5.91 Å². The van der Waals surface area contributed by atoms with E-state index in [1.165, 1.54) is 29.5 Å². The summed E-state index contributed by atoms with van der Waals surface area (Å²) >= 11 is 0. The Bertz CT molecular complexity index is 767. The maximum atomic E-state index is 11.3. The Balaban J connectivity index is 1.57. The summed E-state index contributed by atoms with van der Waals surface area (Å²) in [6, 6.07) is 17.5. The summed E-state index contributed by atoms with van der Waals surface area (Å²) in [7, 11) is 0. The molecule has 26 heavy (non-hydrogen) atoms. The van der Waals surface area contributed by atoms with E-state index in [0.29, 0.717) is 17.9 Å². The molecule has 2 aromatic rings. The highest BCUT2D eigenvalue weighted by atomic mass is 16.5. The fourth-order valence-electron chi connectivity index (χ4n) is 4.08. The van der Waals surface area contributed by atoms with Crippen LogP contribution in [0.15, 0.2) is 48.5 Å². The number of hydrogen-bond donors (Lipinski definition) is 1. The van der Waals surface area contributed by atoms with Crippen LogP contribution >= 0.6 is 0 Å². The molecule has 4 rings (SSSR count). The minimum Gasteiger partial charge on any atom is -0.490 e. The summed E-state index contributed by atoms with van der Waals surface area (Å²) in [5, 5.41) is 2.96. The van der Waals surface area contributed by atoms with Gasteiger partial charge in [0, 0.05) is 13.5 Å². The minimum atomic E-state index is 0.0476. The molecular weight excluding hydrogens is 322 g/mol. The second-order valence-corrected chi connectivity index (χ2v) is 7.69. The van der Waals surface area contributed by atoms with Crippen molar-refractivity contribution in [3.63, 3.8) is 0 Å². The molecule has 2 atom stereocenters. The number of ether oxygens (including phenoxy) is 1. The van der Waals surface area contributed by atoms with Gasteiger partial charge in [-0.2, -0.15) is 0 Å². The standard InChI is InChI=1S/C23H27NO2/c1-16(25)24-12-11-19-14-20(17-5-3-2-4-6-17)13-18-7-8-22(15-23(18)19)26-21-9-10-21/h2-8,15,19-21H,9-14H2,1H3,(H,24,25). The van der Waals surface area contributed by atoms with Crippen molar-refractivity contribution in [1.29, 1.82) is 0 Å². The summed E-state index contributed by atoms with van der Waals surface area (Å²) in [6.07, 6.45) is 5.97. The highest BCUT2D eigenvalue weighted by Gasteiger charge is 2.29. The van der Waals surface area contributed by atoms with Gasteiger partial charge in [0.25, 0.3) is 0 Å². The second kappa shape index (κ2) is 7.53. The average molecular weight is 349 g/mol. The Morgan fingerprint density at radius 3 is 2.69 bits per heavy atom. The van der Waals surface area contributed by atoms with Crippen molar-refractivity contribution in [3.05, 3.63) is 65.2 Å².